The Balaban J connectivity index is 1.34. The number of hydrogen-bond donors (Lipinski definition) is 1. The summed E-state index contributed by atoms with van der Waals surface area (Å²) < 4.78 is 7.32. The van der Waals surface area contributed by atoms with Gasteiger partial charge in [-0.15, -0.1) is 0 Å². The largest absolute Gasteiger partial charge is 0.497 e. The van der Waals surface area contributed by atoms with Crippen LogP contribution in [0.2, 0.25) is 0 Å². The molecule has 1 amide bonds. The highest BCUT2D eigenvalue weighted by Gasteiger charge is 2.44. The molecule has 0 unspecified atom stereocenters. The van der Waals surface area contributed by atoms with Crippen molar-refractivity contribution < 1.29 is 9.53 Å². The molecule has 1 saturated carbocycles. The van der Waals surface area contributed by atoms with Crippen molar-refractivity contribution in [2.75, 3.05) is 7.11 Å². The number of carbonyl (C=O) groups is 1. The topological polar surface area (TPSA) is 56.1 Å². The fourth-order valence-electron chi connectivity index (χ4n) is 3.50. The summed E-state index contributed by atoms with van der Waals surface area (Å²) in [5.41, 5.74) is 1.23. The van der Waals surface area contributed by atoms with Crippen LogP contribution in [0.15, 0.2) is 36.7 Å². The fraction of sp³-hybridized carbons (Fsp3) is 0.444. The van der Waals surface area contributed by atoms with Crippen LogP contribution in [0.3, 0.4) is 0 Å². The molecule has 1 N–H and O–H groups in total. The van der Waals surface area contributed by atoms with Gasteiger partial charge >= 0.3 is 0 Å². The molecule has 1 aliphatic heterocycles. The van der Waals surface area contributed by atoms with Gasteiger partial charge < -0.3 is 14.6 Å². The summed E-state index contributed by atoms with van der Waals surface area (Å²) in [6, 6.07) is 8.28. The first-order chi connectivity index (χ1) is 11.2. The van der Waals surface area contributed by atoms with E-state index in [1.807, 2.05) is 24.5 Å². The SMILES string of the molecule is COc1ccc([C@@H]2C[C@H]2C(=O)N[C@@H]2CCc3nccn3C2)cc1. The summed E-state index contributed by atoms with van der Waals surface area (Å²) in [7, 11) is 1.66. The Morgan fingerprint density at radius 1 is 1.35 bits per heavy atom. The number of ether oxygens (including phenoxy) is 1. The number of methoxy groups -OCH3 is 1. The lowest BCUT2D eigenvalue weighted by Crippen LogP contribution is -2.41. The molecule has 1 aromatic carbocycles. The average Bonchev–Trinajstić information content (AvgIpc) is 3.25. The molecule has 5 nitrogen and oxygen atoms in total. The van der Waals surface area contributed by atoms with Crippen molar-refractivity contribution >= 4 is 5.91 Å². The third-order valence-electron chi connectivity index (χ3n) is 4.95. The van der Waals surface area contributed by atoms with Gasteiger partial charge in [-0.2, -0.15) is 0 Å². The molecule has 1 fully saturated rings. The molecule has 0 radical (unpaired) electrons. The van der Waals surface area contributed by atoms with Crippen LogP contribution in [0.5, 0.6) is 5.75 Å². The molecule has 1 aromatic heterocycles. The van der Waals surface area contributed by atoms with Crippen molar-refractivity contribution in [2.24, 2.45) is 5.92 Å². The molecule has 4 rings (SSSR count). The molecular weight excluding hydrogens is 290 g/mol. The summed E-state index contributed by atoms with van der Waals surface area (Å²) in [4.78, 5) is 16.8. The predicted octanol–water partition coefficient (Wildman–Crippen LogP) is 2.13. The maximum atomic E-state index is 12.5. The van der Waals surface area contributed by atoms with Crippen LogP contribution in [0.25, 0.3) is 0 Å². The third-order valence-corrected chi connectivity index (χ3v) is 4.95. The van der Waals surface area contributed by atoms with Gasteiger partial charge in [0.1, 0.15) is 11.6 Å². The van der Waals surface area contributed by atoms with Crippen LogP contribution >= 0.6 is 0 Å². The van der Waals surface area contributed by atoms with Crippen LogP contribution in [-0.4, -0.2) is 28.6 Å². The Labute approximate surface area is 135 Å². The summed E-state index contributed by atoms with van der Waals surface area (Å²) in [6.07, 6.45) is 6.68. The first-order valence-electron chi connectivity index (χ1n) is 8.19. The second kappa shape index (κ2) is 5.72. The van der Waals surface area contributed by atoms with E-state index >= 15 is 0 Å². The van der Waals surface area contributed by atoms with Gasteiger partial charge in [0.2, 0.25) is 5.91 Å². The van der Waals surface area contributed by atoms with Gasteiger partial charge in [0.05, 0.1) is 7.11 Å². The van der Waals surface area contributed by atoms with Gasteiger partial charge in [-0.1, -0.05) is 12.1 Å². The minimum atomic E-state index is 0.118. The molecular formula is C18H21N3O2. The van der Waals surface area contributed by atoms with E-state index in [2.05, 4.69) is 27.0 Å². The lowest BCUT2D eigenvalue weighted by molar-refractivity contribution is -0.123. The summed E-state index contributed by atoms with van der Waals surface area (Å²) in [5.74, 6) is 2.65. The minimum absolute atomic E-state index is 0.118. The number of rotatable bonds is 4. The van der Waals surface area contributed by atoms with Gasteiger partial charge in [0, 0.05) is 37.3 Å². The summed E-state index contributed by atoms with van der Waals surface area (Å²) >= 11 is 0. The molecule has 0 bridgehead atoms. The number of imidazole rings is 1. The van der Waals surface area contributed by atoms with E-state index in [-0.39, 0.29) is 17.9 Å². The van der Waals surface area contributed by atoms with E-state index in [0.29, 0.717) is 5.92 Å². The Bertz CT molecular complexity index is 707. The number of nitrogens with zero attached hydrogens (tertiary/aromatic N) is 2. The van der Waals surface area contributed by atoms with Crippen LogP contribution in [0.1, 0.15) is 30.1 Å². The van der Waals surface area contributed by atoms with E-state index in [1.54, 1.807) is 7.11 Å². The van der Waals surface area contributed by atoms with E-state index in [9.17, 15) is 4.79 Å². The van der Waals surface area contributed by atoms with Crippen molar-refractivity contribution in [1.82, 2.24) is 14.9 Å². The fourth-order valence-corrected chi connectivity index (χ4v) is 3.50. The zero-order chi connectivity index (χ0) is 15.8. The van der Waals surface area contributed by atoms with Crippen LogP contribution < -0.4 is 10.1 Å². The van der Waals surface area contributed by atoms with Crippen molar-refractivity contribution in [1.29, 1.82) is 0 Å². The lowest BCUT2D eigenvalue weighted by Gasteiger charge is -2.24. The van der Waals surface area contributed by atoms with E-state index in [0.717, 1.165) is 37.4 Å². The normalized spacial score (nSPS) is 25.5. The number of fused-ring (bicyclic) bond motifs is 1. The lowest BCUT2D eigenvalue weighted by atomic mass is 10.1. The molecule has 120 valence electrons. The highest BCUT2D eigenvalue weighted by atomic mass is 16.5. The molecule has 2 aliphatic rings. The Hall–Kier alpha value is -2.30. The Morgan fingerprint density at radius 2 is 2.17 bits per heavy atom. The number of amides is 1. The van der Waals surface area contributed by atoms with Crippen molar-refractivity contribution in [3.05, 3.63) is 48.0 Å². The highest BCUT2D eigenvalue weighted by Crippen LogP contribution is 2.47. The number of nitrogens with one attached hydrogen (secondary N) is 1. The molecule has 0 saturated heterocycles. The second-order valence-electron chi connectivity index (χ2n) is 6.46. The monoisotopic (exact) mass is 311 g/mol. The first-order valence-corrected chi connectivity index (χ1v) is 8.19. The van der Waals surface area contributed by atoms with E-state index < -0.39 is 0 Å². The van der Waals surface area contributed by atoms with E-state index in [4.69, 9.17) is 4.74 Å². The molecule has 2 aromatic rings. The first kappa shape index (κ1) is 14.3. The van der Waals surface area contributed by atoms with Gasteiger partial charge in [0.15, 0.2) is 0 Å². The summed E-state index contributed by atoms with van der Waals surface area (Å²) in [6.45, 7) is 0.834. The zero-order valence-electron chi connectivity index (χ0n) is 13.2. The average molecular weight is 311 g/mol. The van der Waals surface area contributed by atoms with E-state index in [1.165, 1.54) is 5.56 Å². The minimum Gasteiger partial charge on any atom is -0.497 e. The van der Waals surface area contributed by atoms with Crippen molar-refractivity contribution in [2.45, 2.75) is 37.8 Å². The second-order valence-corrected chi connectivity index (χ2v) is 6.46. The molecule has 3 atom stereocenters. The van der Waals surface area contributed by atoms with Crippen LogP contribution in [-0.2, 0) is 17.8 Å². The van der Waals surface area contributed by atoms with Crippen LogP contribution in [0, 0.1) is 5.92 Å². The number of benzene rings is 1. The predicted molar refractivity (Wildman–Crippen MR) is 86.3 cm³/mol. The van der Waals surface area contributed by atoms with Crippen molar-refractivity contribution in [3.8, 4) is 5.75 Å². The summed E-state index contributed by atoms with van der Waals surface area (Å²) in [5, 5.41) is 3.22. The standard InChI is InChI=1S/C18H21N3O2/c1-23-14-5-2-12(3-6-14)15-10-16(15)18(22)20-13-4-7-17-19-8-9-21(17)11-13/h2-3,5-6,8-9,13,15-16H,4,7,10-11H2,1H3,(H,20,22)/t13-,15+,16-/m1/s1. The van der Waals surface area contributed by atoms with Crippen molar-refractivity contribution in [3.63, 3.8) is 0 Å². The van der Waals surface area contributed by atoms with Gasteiger partial charge in [-0.3, -0.25) is 4.79 Å². The highest BCUT2D eigenvalue weighted by molar-refractivity contribution is 5.83. The van der Waals surface area contributed by atoms with Gasteiger partial charge in [-0.05, 0) is 36.5 Å². The molecule has 23 heavy (non-hydrogen) atoms. The maximum Gasteiger partial charge on any atom is 0.224 e. The van der Waals surface area contributed by atoms with Gasteiger partial charge in [-0.25, -0.2) is 4.98 Å². The number of hydrogen-bond acceptors (Lipinski definition) is 3. The quantitative estimate of drug-likeness (QED) is 0.941. The number of carbonyl (C=O) groups excluding carboxylic acids is 1. The van der Waals surface area contributed by atoms with Gasteiger partial charge in [0.25, 0.3) is 0 Å². The Morgan fingerprint density at radius 3 is 2.96 bits per heavy atom. The third kappa shape index (κ3) is 2.83. The number of aromatic nitrogens is 2. The Kier molecular flexibility index (Phi) is 3.56. The molecule has 2 heterocycles. The van der Waals surface area contributed by atoms with Crippen LogP contribution in [0.4, 0.5) is 0 Å². The maximum absolute atomic E-state index is 12.5. The molecule has 5 heteroatoms. The number of aryl methyl sites for hydroxylation is 1. The molecule has 0 spiro atoms. The molecule has 1 aliphatic carbocycles. The smallest absolute Gasteiger partial charge is 0.224 e. The zero-order valence-corrected chi connectivity index (χ0v) is 13.2.